The van der Waals surface area contributed by atoms with E-state index in [4.69, 9.17) is 4.99 Å². The summed E-state index contributed by atoms with van der Waals surface area (Å²) >= 11 is 1.33. The summed E-state index contributed by atoms with van der Waals surface area (Å²) in [5.74, 6) is -0.299. The van der Waals surface area contributed by atoms with Crippen LogP contribution in [0.3, 0.4) is 0 Å². The van der Waals surface area contributed by atoms with Gasteiger partial charge in [0.2, 0.25) is 11.8 Å². The molecular formula is C22H25N3O2S. The maximum Gasteiger partial charge on any atom is 0.240 e. The Morgan fingerprint density at radius 1 is 1.07 bits per heavy atom. The third-order valence-corrected chi connectivity index (χ3v) is 5.74. The molecule has 1 atom stereocenters. The first-order valence-electron chi connectivity index (χ1n) is 9.58. The van der Waals surface area contributed by atoms with E-state index in [1.54, 1.807) is 0 Å². The van der Waals surface area contributed by atoms with Gasteiger partial charge in [-0.15, -0.1) is 0 Å². The van der Waals surface area contributed by atoms with Crippen LogP contribution in [0.1, 0.15) is 37.0 Å². The van der Waals surface area contributed by atoms with Crippen LogP contribution in [-0.2, 0) is 29.0 Å². The highest BCUT2D eigenvalue weighted by molar-refractivity contribution is 8.15. The minimum atomic E-state index is -0.451. The zero-order valence-corrected chi connectivity index (χ0v) is 17.0. The number of carbonyl (C=O) groups is 2. The van der Waals surface area contributed by atoms with Crippen molar-refractivity contribution >= 4 is 34.4 Å². The summed E-state index contributed by atoms with van der Waals surface area (Å²) in [6.07, 6.45) is 1.90. The van der Waals surface area contributed by atoms with Gasteiger partial charge >= 0.3 is 0 Å². The molecule has 0 saturated carbocycles. The summed E-state index contributed by atoms with van der Waals surface area (Å²) in [5, 5.41) is 5.82. The summed E-state index contributed by atoms with van der Waals surface area (Å²) in [6.45, 7) is 4.65. The fourth-order valence-corrected chi connectivity index (χ4v) is 4.06. The van der Waals surface area contributed by atoms with Crippen molar-refractivity contribution < 1.29 is 9.59 Å². The Kier molecular flexibility index (Phi) is 6.87. The van der Waals surface area contributed by atoms with Crippen LogP contribution in [0.2, 0.25) is 0 Å². The highest BCUT2D eigenvalue weighted by Gasteiger charge is 2.32. The number of amides is 2. The maximum atomic E-state index is 12.3. The Morgan fingerprint density at radius 2 is 1.75 bits per heavy atom. The van der Waals surface area contributed by atoms with Crippen LogP contribution in [0.25, 0.3) is 0 Å². The standard InChI is InChI=1S/C22H25N3O2S/c1-3-16-11-8-12-17(4-2)20(16)24-22-25-21(27)18(28-22)13-19(26)23-14-15-9-6-5-7-10-15/h5-12,18H,3-4,13-14H2,1-2H3,(H,23,26)(H,24,25,27). The minimum absolute atomic E-state index is 0.137. The zero-order valence-electron chi connectivity index (χ0n) is 16.2. The summed E-state index contributed by atoms with van der Waals surface area (Å²) in [4.78, 5) is 29.3. The lowest BCUT2D eigenvalue weighted by Gasteiger charge is -2.09. The number of thioether (sulfide) groups is 1. The van der Waals surface area contributed by atoms with Gasteiger partial charge in [0.1, 0.15) is 5.25 Å². The molecule has 1 aliphatic rings. The average Bonchev–Trinajstić information content (AvgIpc) is 3.06. The summed E-state index contributed by atoms with van der Waals surface area (Å²) in [6, 6.07) is 15.9. The monoisotopic (exact) mass is 395 g/mol. The quantitative estimate of drug-likeness (QED) is 0.750. The first-order valence-corrected chi connectivity index (χ1v) is 10.5. The lowest BCUT2D eigenvalue weighted by atomic mass is 10.0. The van der Waals surface area contributed by atoms with Gasteiger partial charge in [0, 0.05) is 13.0 Å². The van der Waals surface area contributed by atoms with Crippen molar-refractivity contribution in [2.45, 2.75) is 44.9 Å². The lowest BCUT2D eigenvalue weighted by molar-refractivity contribution is -0.125. The van der Waals surface area contributed by atoms with Crippen molar-refractivity contribution in [3.05, 3.63) is 65.2 Å². The predicted molar refractivity (Wildman–Crippen MR) is 115 cm³/mol. The van der Waals surface area contributed by atoms with Crippen LogP contribution in [0, 0.1) is 0 Å². The fraction of sp³-hybridized carbons (Fsp3) is 0.318. The van der Waals surface area contributed by atoms with Crippen molar-refractivity contribution in [1.29, 1.82) is 0 Å². The van der Waals surface area contributed by atoms with Crippen molar-refractivity contribution in [2.75, 3.05) is 0 Å². The molecule has 1 fully saturated rings. The summed E-state index contributed by atoms with van der Waals surface area (Å²) < 4.78 is 0. The van der Waals surface area contributed by atoms with Gasteiger partial charge in [-0.2, -0.15) is 0 Å². The predicted octanol–water partition coefficient (Wildman–Crippen LogP) is 3.74. The van der Waals surface area contributed by atoms with Crippen molar-refractivity contribution in [3.63, 3.8) is 0 Å². The van der Waals surface area contributed by atoms with Crippen LogP contribution in [0.4, 0.5) is 5.69 Å². The van der Waals surface area contributed by atoms with Crippen LogP contribution in [0.15, 0.2) is 53.5 Å². The normalized spacial score (nSPS) is 17.6. The molecule has 2 N–H and O–H groups in total. The lowest BCUT2D eigenvalue weighted by Crippen LogP contribution is -2.31. The largest absolute Gasteiger partial charge is 0.352 e. The van der Waals surface area contributed by atoms with Gasteiger partial charge in [0.15, 0.2) is 5.17 Å². The van der Waals surface area contributed by atoms with Crippen LogP contribution in [0.5, 0.6) is 0 Å². The van der Waals surface area contributed by atoms with Gasteiger partial charge in [-0.05, 0) is 29.5 Å². The van der Waals surface area contributed by atoms with Gasteiger partial charge in [-0.1, -0.05) is 74.1 Å². The van der Waals surface area contributed by atoms with Crippen LogP contribution < -0.4 is 10.6 Å². The first kappa shape index (κ1) is 20.1. The van der Waals surface area contributed by atoms with Crippen molar-refractivity contribution in [3.8, 4) is 0 Å². The minimum Gasteiger partial charge on any atom is -0.352 e. The number of nitrogens with zero attached hydrogens (tertiary/aromatic N) is 1. The van der Waals surface area contributed by atoms with Gasteiger partial charge in [-0.3, -0.25) is 9.59 Å². The van der Waals surface area contributed by atoms with E-state index in [0.29, 0.717) is 11.7 Å². The molecule has 146 valence electrons. The number of aliphatic imine (C=N–C) groups is 1. The van der Waals surface area contributed by atoms with E-state index in [1.165, 1.54) is 11.8 Å². The Bertz CT molecular complexity index is 858. The number of para-hydroxylation sites is 1. The van der Waals surface area contributed by atoms with Crippen molar-refractivity contribution in [1.82, 2.24) is 10.6 Å². The van der Waals surface area contributed by atoms with E-state index in [9.17, 15) is 9.59 Å². The molecule has 1 unspecified atom stereocenters. The topological polar surface area (TPSA) is 70.6 Å². The first-order chi connectivity index (χ1) is 13.6. The molecule has 0 spiro atoms. The number of carbonyl (C=O) groups excluding carboxylic acids is 2. The number of nitrogens with one attached hydrogen (secondary N) is 2. The zero-order chi connectivity index (χ0) is 19.9. The molecule has 0 aliphatic carbocycles. The van der Waals surface area contributed by atoms with Gasteiger partial charge in [0.05, 0.1) is 5.69 Å². The summed E-state index contributed by atoms with van der Waals surface area (Å²) in [5.41, 5.74) is 4.28. The molecule has 2 aromatic rings. The Labute approximate surface area is 170 Å². The molecule has 1 heterocycles. The Hall–Kier alpha value is -2.60. The highest BCUT2D eigenvalue weighted by Crippen LogP contribution is 2.30. The molecular weight excluding hydrogens is 370 g/mol. The molecule has 2 amide bonds. The third kappa shape index (κ3) is 5.01. The molecule has 2 aromatic carbocycles. The average molecular weight is 396 g/mol. The molecule has 5 nitrogen and oxygen atoms in total. The molecule has 0 bridgehead atoms. The molecule has 6 heteroatoms. The van der Waals surface area contributed by atoms with Crippen LogP contribution in [-0.4, -0.2) is 22.2 Å². The summed E-state index contributed by atoms with van der Waals surface area (Å²) in [7, 11) is 0. The number of rotatable bonds is 7. The Balaban J connectivity index is 1.64. The number of hydrogen-bond acceptors (Lipinski definition) is 4. The molecule has 1 saturated heterocycles. The number of benzene rings is 2. The van der Waals surface area contributed by atoms with E-state index >= 15 is 0 Å². The molecule has 0 aromatic heterocycles. The number of hydrogen-bond donors (Lipinski definition) is 2. The van der Waals surface area contributed by atoms with E-state index in [2.05, 4.69) is 36.6 Å². The van der Waals surface area contributed by atoms with E-state index < -0.39 is 5.25 Å². The number of amidine groups is 1. The Morgan fingerprint density at radius 3 is 2.39 bits per heavy atom. The SMILES string of the molecule is CCc1cccc(CC)c1N=C1NC(=O)C(CC(=O)NCc2ccccc2)S1. The molecule has 3 rings (SSSR count). The van der Waals surface area contributed by atoms with Gasteiger partial charge < -0.3 is 10.6 Å². The van der Waals surface area contributed by atoms with Crippen molar-refractivity contribution in [2.24, 2.45) is 4.99 Å². The second kappa shape index (κ2) is 9.55. The maximum absolute atomic E-state index is 12.3. The fourth-order valence-electron chi connectivity index (χ4n) is 3.09. The second-order valence-corrected chi connectivity index (χ2v) is 7.80. The third-order valence-electron chi connectivity index (χ3n) is 4.66. The van der Waals surface area contributed by atoms with E-state index in [0.717, 1.165) is 35.2 Å². The number of aryl methyl sites for hydroxylation is 2. The smallest absolute Gasteiger partial charge is 0.240 e. The van der Waals surface area contributed by atoms with Gasteiger partial charge in [-0.25, -0.2) is 4.99 Å². The molecule has 0 radical (unpaired) electrons. The van der Waals surface area contributed by atoms with E-state index in [1.807, 2.05) is 36.4 Å². The molecule has 1 aliphatic heterocycles. The highest BCUT2D eigenvalue weighted by atomic mass is 32.2. The second-order valence-electron chi connectivity index (χ2n) is 6.61. The van der Waals surface area contributed by atoms with Crippen LogP contribution >= 0.6 is 11.8 Å². The van der Waals surface area contributed by atoms with E-state index in [-0.39, 0.29) is 18.2 Å². The van der Waals surface area contributed by atoms with Gasteiger partial charge in [0.25, 0.3) is 0 Å². The molecule has 28 heavy (non-hydrogen) atoms.